The summed E-state index contributed by atoms with van der Waals surface area (Å²) in [4.78, 5) is 12.9. The van der Waals surface area contributed by atoms with Gasteiger partial charge in [0.2, 0.25) is 0 Å². The van der Waals surface area contributed by atoms with Crippen molar-refractivity contribution in [3.63, 3.8) is 0 Å². The predicted molar refractivity (Wildman–Crippen MR) is 166 cm³/mol. The van der Waals surface area contributed by atoms with Gasteiger partial charge in [-0.05, 0) is 127 Å². The van der Waals surface area contributed by atoms with E-state index >= 15 is 0 Å². The Balaban J connectivity index is 0.000000278. The molecule has 0 bridgehead atoms. The molecule has 0 saturated carbocycles. The molecule has 0 atom stereocenters. The van der Waals surface area contributed by atoms with E-state index in [1.165, 1.54) is 84.7 Å². The highest BCUT2D eigenvalue weighted by Gasteiger charge is 2.23. The lowest BCUT2D eigenvalue weighted by Crippen LogP contribution is -2.50. The fourth-order valence-corrected chi connectivity index (χ4v) is 5.86. The second-order valence-electron chi connectivity index (χ2n) is 13.6. The van der Waals surface area contributed by atoms with Gasteiger partial charge in [0.25, 0.3) is 0 Å². The third kappa shape index (κ3) is 13.6. The molecule has 0 unspecified atom stereocenters. The van der Waals surface area contributed by atoms with Gasteiger partial charge in [-0.25, -0.2) is 0 Å². The van der Waals surface area contributed by atoms with Crippen LogP contribution in [0.25, 0.3) is 0 Å². The van der Waals surface area contributed by atoms with Crippen LogP contribution >= 0.6 is 0 Å². The zero-order valence-corrected chi connectivity index (χ0v) is 27.5. The number of hydrogen-bond donors (Lipinski definition) is 0. The molecule has 3 fully saturated rings. The van der Waals surface area contributed by atoms with Crippen molar-refractivity contribution in [2.45, 2.75) is 133 Å². The first-order valence-corrected chi connectivity index (χ1v) is 16.0. The summed E-state index contributed by atoms with van der Waals surface area (Å²) >= 11 is 0. The van der Waals surface area contributed by atoms with E-state index < -0.39 is 0 Å². The Kier molecular flexibility index (Phi) is 17.1. The van der Waals surface area contributed by atoms with Gasteiger partial charge in [-0.15, -0.1) is 0 Å². The second-order valence-corrected chi connectivity index (χ2v) is 13.6. The van der Waals surface area contributed by atoms with Crippen LogP contribution in [0.4, 0.5) is 0 Å². The van der Waals surface area contributed by atoms with Gasteiger partial charge in [0.15, 0.2) is 0 Å². The Morgan fingerprint density at radius 2 is 0.595 bits per heavy atom. The van der Waals surface area contributed by atoms with Crippen LogP contribution in [-0.2, 0) is 0 Å². The molecular weight excluding hydrogens is 454 g/mol. The lowest BCUT2D eigenvalue weighted by Gasteiger charge is -2.38. The summed E-state index contributed by atoms with van der Waals surface area (Å²) in [5.41, 5.74) is 0. The van der Waals surface area contributed by atoms with Crippen molar-refractivity contribution in [2.75, 3.05) is 65.4 Å². The number of piperazine rings is 1. The predicted octanol–water partition coefficient (Wildman–Crippen LogP) is 5.99. The molecule has 3 rings (SSSR count). The first kappa shape index (κ1) is 34.8. The molecular formula is C32H69N5. The van der Waals surface area contributed by atoms with Gasteiger partial charge >= 0.3 is 0 Å². The first-order valence-electron chi connectivity index (χ1n) is 16.0. The largest absolute Gasteiger partial charge is 0.301 e. The maximum atomic E-state index is 2.60. The minimum atomic E-state index is 0.715. The van der Waals surface area contributed by atoms with Crippen LogP contribution in [0, 0.1) is 11.8 Å². The quantitative estimate of drug-likeness (QED) is 0.423. The van der Waals surface area contributed by atoms with E-state index in [4.69, 9.17) is 0 Å². The maximum absolute atomic E-state index is 2.60. The zero-order chi connectivity index (χ0) is 28.1. The van der Waals surface area contributed by atoms with Crippen LogP contribution in [-0.4, -0.2) is 120 Å². The summed E-state index contributed by atoms with van der Waals surface area (Å²) in [6.45, 7) is 40.3. The molecule has 5 nitrogen and oxygen atoms in total. The average Bonchev–Trinajstić information content (AvgIpc) is 3.12. The number of nitrogens with zero attached hydrogens (tertiary/aromatic N) is 5. The number of hydrogen-bond acceptors (Lipinski definition) is 5. The van der Waals surface area contributed by atoms with Crippen molar-refractivity contribution >= 4 is 0 Å². The van der Waals surface area contributed by atoms with Crippen LogP contribution in [0.15, 0.2) is 0 Å². The zero-order valence-electron chi connectivity index (χ0n) is 27.5. The molecule has 3 aliphatic rings. The van der Waals surface area contributed by atoms with E-state index in [0.717, 1.165) is 30.0 Å². The number of rotatable bonds is 6. The molecule has 3 saturated heterocycles. The minimum Gasteiger partial charge on any atom is -0.301 e. The van der Waals surface area contributed by atoms with Crippen molar-refractivity contribution in [1.82, 2.24) is 24.5 Å². The lowest BCUT2D eigenvalue weighted by atomic mass is 9.86. The standard InChI is InChI=1S/C11H24N2.C11H23N.C10H22N2/c1-10(2)12-6-5-7-13(9-8-12)11(3)4;2*1-9(2)11-5-7-12(8-6-11)10(3)4/h10-11H,5-9H2,1-4H3;9-11H,5-8H2,1-4H3;9-10H,5-8H2,1-4H3. The Labute approximate surface area is 234 Å². The van der Waals surface area contributed by atoms with E-state index in [0.29, 0.717) is 12.1 Å². The van der Waals surface area contributed by atoms with Gasteiger partial charge in [0.05, 0.1) is 0 Å². The van der Waals surface area contributed by atoms with Gasteiger partial charge < -0.3 is 4.90 Å². The Morgan fingerprint density at radius 1 is 0.351 bits per heavy atom. The summed E-state index contributed by atoms with van der Waals surface area (Å²) in [5.74, 6) is 1.87. The molecule has 3 heterocycles. The second kappa shape index (κ2) is 18.2. The first-order chi connectivity index (χ1) is 17.3. The monoisotopic (exact) mass is 524 g/mol. The van der Waals surface area contributed by atoms with Crippen LogP contribution in [0.5, 0.6) is 0 Å². The molecule has 5 heteroatoms. The third-order valence-electron chi connectivity index (χ3n) is 9.08. The fraction of sp³-hybridized carbons (Fsp3) is 1.00. The number of likely N-dealkylation sites (tertiary alicyclic amines) is 1. The molecule has 0 spiro atoms. The van der Waals surface area contributed by atoms with Gasteiger partial charge in [-0.1, -0.05) is 13.8 Å². The van der Waals surface area contributed by atoms with Gasteiger partial charge in [-0.2, -0.15) is 0 Å². The Morgan fingerprint density at radius 3 is 0.838 bits per heavy atom. The normalized spacial score (nSPS) is 22.5. The Hall–Kier alpha value is -0.200. The van der Waals surface area contributed by atoms with Crippen molar-refractivity contribution in [1.29, 1.82) is 0 Å². The molecule has 0 N–H and O–H groups in total. The molecule has 3 aliphatic heterocycles. The summed E-state index contributed by atoms with van der Waals surface area (Å²) in [7, 11) is 0. The van der Waals surface area contributed by atoms with Gasteiger partial charge in [-0.3, -0.25) is 19.6 Å². The van der Waals surface area contributed by atoms with Crippen molar-refractivity contribution in [3.8, 4) is 0 Å². The highest BCUT2D eigenvalue weighted by Crippen LogP contribution is 2.25. The molecule has 0 aromatic rings. The topological polar surface area (TPSA) is 16.2 Å². The van der Waals surface area contributed by atoms with Gasteiger partial charge in [0.1, 0.15) is 0 Å². The lowest BCUT2D eigenvalue weighted by molar-refractivity contribution is 0.0887. The smallest absolute Gasteiger partial charge is 0.0113 e. The molecule has 0 aromatic heterocycles. The van der Waals surface area contributed by atoms with Gasteiger partial charge in [0, 0.05) is 69.5 Å². The number of piperidine rings is 1. The molecule has 37 heavy (non-hydrogen) atoms. The summed E-state index contributed by atoms with van der Waals surface area (Å²) in [6, 6.07) is 3.62. The van der Waals surface area contributed by atoms with Crippen LogP contribution in [0.3, 0.4) is 0 Å². The van der Waals surface area contributed by atoms with Crippen LogP contribution < -0.4 is 0 Å². The summed E-state index contributed by atoms with van der Waals surface area (Å²) in [5, 5.41) is 0. The molecule has 0 amide bonds. The van der Waals surface area contributed by atoms with Crippen molar-refractivity contribution in [2.24, 2.45) is 11.8 Å². The average molecular weight is 524 g/mol. The van der Waals surface area contributed by atoms with Crippen molar-refractivity contribution < 1.29 is 0 Å². The van der Waals surface area contributed by atoms with Crippen LogP contribution in [0.2, 0.25) is 0 Å². The minimum absolute atomic E-state index is 0.715. The van der Waals surface area contributed by atoms with E-state index in [2.05, 4.69) is 108 Å². The molecule has 0 aromatic carbocycles. The summed E-state index contributed by atoms with van der Waals surface area (Å²) < 4.78 is 0. The molecule has 222 valence electrons. The maximum Gasteiger partial charge on any atom is 0.0113 e. The highest BCUT2D eigenvalue weighted by atomic mass is 15.3. The van der Waals surface area contributed by atoms with E-state index in [-0.39, 0.29) is 0 Å². The van der Waals surface area contributed by atoms with E-state index in [1.807, 2.05) is 0 Å². The molecule has 0 aliphatic carbocycles. The Bertz CT molecular complexity index is 463. The fourth-order valence-electron chi connectivity index (χ4n) is 5.86. The molecule has 0 radical (unpaired) electrons. The highest BCUT2D eigenvalue weighted by molar-refractivity contribution is 4.77. The summed E-state index contributed by atoms with van der Waals surface area (Å²) in [6.07, 6.45) is 4.15. The van der Waals surface area contributed by atoms with E-state index in [1.54, 1.807) is 0 Å². The SMILES string of the molecule is CC(C)C1CCN(C(C)C)CC1.CC(C)N1CCCN(C(C)C)CC1.CC(C)N1CCN(C(C)C)CC1. The van der Waals surface area contributed by atoms with Crippen LogP contribution in [0.1, 0.15) is 102 Å². The van der Waals surface area contributed by atoms with E-state index in [9.17, 15) is 0 Å². The third-order valence-corrected chi connectivity index (χ3v) is 9.08. The van der Waals surface area contributed by atoms with Crippen molar-refractivity contribution in [3.05, 3.63) is 0 Å².